The van der Waals surface area contributed by atoms with Gasteiger partial charge in [-0.25, -0.2) is 4.79 Å². The van der Waals surface area contributed by atoms with E-state index in [2.05, 4.69) is 5.32 Å². The van der Waals surface area contributed by atoms with Crippen molar-refractivity contribution in [3.8, 4) is 11.5 Å². The summed E-state index contributed by atoms with van der Waals surface area (Å²) < 4.78 is 9.57. The molecule has 1 saturated heterocycles. The number of rotatable bonds is 5. The lowest BCUT2D eigenvalue weighted by Gasteiger charge is -2.23. The van der Waals surface area contributed by atoms with Crippen molar-refractivity contribution in [2.24, 2.45) is 0 Å². The summed E-state index contributed by atoms with van der Waals surface area (Å²) in [6, 6.07) is 3.67. The number of hydrogen-bond donors (Lipinski definition) is 2. The van der Waals surface area contributed by atoms with Crippen LogP contribution in [0.15, 0.2) is 27.8 Å². The Morgan fingerprint density at radius 2 is 1.86 bits per heavy atom. The van der Waals surface area contributed by atoms with E-state index in [-0.39, 0.29) is 22.7 Å². The minimum absolute atomic E-state index is 0.0338. The molecular weight excluding hydrogens is 380 g/mol. The van der Waals surface area contributed by atoms with Crippen LogP contribution in [0.3, 0.4) is 0 Å². The number of anilines is 2. The van der Waals surface area contributed by atoms with E-state index in [0.717, 1.165) is 0 Å². The predicted octanol–water partition coefficient (Wildman–Crippen LogP) is 1.54. The number of nitrogens with zero attached hydrogens (tertiary/aromatic N) is 1. The summed E-state index contributed by atoms with van der Waals surface area (Å²) in [6.45, 7) is 4.36. The molecular formula is C20H24N2O7. The van der Waals surface area contributed by atoms with Crippen molar-refractivity contribution in [2.45, 2.75) is 32.7 Å². The fraction of sp³-hybridized carbons (Fsp3) is 0.400. The van der Waals surface area contributed by atoms with Gasteiger partial charge in [0.25, 0.3) is 16.8 Å². The van der Waals surface area contributed by atoms with Gasteiger partial charge in [0.05, 0.1) is 25.5 Å². The zero-order valence-corrected chi connectivity index (χ0v) is 16.8. The average molecular weight is 404 g/mol. The first-order valence-corrected chi connectivity index (χ1v) is 9.25. The zero-order valence-electron chi connectivity index (χ0n) is 16.8. The van der Waals surface area contributed by atoms with Crippen LogP contribution in [-0.4, -0.2) is 48.7 Å². The average Bonchev–Trinajstić information content (AvgIpc) is 3.24. The molecule has 2 aromatic carbocycles. The van der Waals surface area contributed by atoms with E-state index in [1.807, 2.05) is 13.8 Å². The van der Waals surface area contributed by atoms with Crippen LogP contribution in [0.4, 0.5) is 11.4 Å². The molecule has 0 unspecified atom stereocenters. The number of methoxy groups -OCH3 is 2. The number of nitrogens with one attached hydrogen (secondary N) is 1. The number of hydrogen-bond acceptors (Lipinski definition) is 8. The van der Waals surface area contributed by atoms with Crippen LogP contribution < -0.4 is 20.9 Å². The summed E-state index contributed by atoms with van der Waals surface area (Å²) >= 11 is 0. The van der Waals surface area contributed by atoms with Gasteiger partial charge in [0.1, 0.15) is 11.7 Å². The molecule has 9 heteroatoms. The lowest BCUT2D eigenvalue weighted by atomic mass is 10.1. The number of amides is 1. The molecule has 0 spiro atoms. The van der Waals surface area contributed by atoms with Crippen LogP contribution in [0.2, 0.25) is 0 Å². The van der Waals surface area contributed by atoms with Crippen molar-refractivity contribution in [1.82, 2.24) is 4.90 Å². The first kappa shape index (κ1) is 21.9. The van der Waals surface area contributed by atoms with Crippen molar-refractivity contribution in [3.05, 3.63) is 44.2 Å². The lowest BCUT2D eigenvalue weighted by Crippen LogP contribution is -2.41. The molecule has 156 valence electrons. The Bertz CT molecular complexity index is 976. The summed E-state index contributed by atoms with van der Waals surface area (Å²) in [5.41, 5.74) is -1.58. The highest BCUT2D eigenvalue weighted by molar-refractivity contribution is 6.01. The number of phenolic OH excluding ortho intramolecular Hbond substituents is 1. The molecule has 29 heavy (non-hydrogen) atoms. The third-order valence-corrected chi connectivity index (χ3v) is 4.58. The third-order valence-electron chi connectivity index (χ3n) is 4.58. The van der Waals surface area contributed by atoms with E-state index in [1.165, 1.54) is 37.3 Å². The van der Waals surface area contributed by atoms with Crippen molar-refractivity contribution in [2.75, 3.05) is 26.1 Å². The quantitative estimate of drug-likeness (QED) is 0.437. The molecule has 1 aliphatic heterocycles. The third kappa shape index (κ3) is 3.94. The summed E-state index contributed by atoms with van der Waals surface area (Å²) in [7, 11) is 2.50. The highest BCUT2D eigenvalue weighted by atomic mass is 16.5. The molecule has 1 atom stereocenters. The van der Waals surface area contributed by atoms with Crippen LogP contribution >= 0.6 is 0 Å². The molecule has 2 aromatic rings. The van der Waals surface area contributed by atoms with Gasteiger partial charge in [-0.1, -0.05) is 19.9 Å². The number of carbonyl (C=O) groups is 2. The minimum Gasteiger partial charge on any atom is -0.505 e. The molecule has 0 aromatic heterocycles. The Balaban J connectivity index is 0.00000145. The molecule has 0 saturated carbocycles. The van der Waals surface area contributed by atoms with E-state index in [4.69, 9.17) is 9.47 Å². The number of aromatic hydroxyl groups is 1. The maximum atomic E-state index is 12.8. The molecule has 0 radical (unpaired) electrons. The first-order chi connectivity index (χ1) is 13.9. The molecule has 2 N–H and O–H groups in total. The number of ether oxygens (including phenoxy) is 2. The lowest BCUT2D eigenvalue weighted by molar-refractivity contribution is -0.145. The van der Waals surface area contributed by atoms with Crippen molar-refractivity contribution < 1.29 is 24.2 Å². The zero-order chi connectivity index (χ0) is 21.7. The van der Waals surface area contributed by atoms with Crippen molar-refractivity contribution >= 4 is 23.3 Å². The fourth-order valence-electron chi connectivity index (χ4n) is 3.18. The van der Waals surface area contributed by atoms with Crippen LogP contribution in [0.5, 0.6) is 11.5 Å². The first-order valence-electron chi connectivity index (χ1n) is 9.25. The molecule has 1 fully saturated rings. The van der Waals surface area contributed by atoms with Crippen LogP contribution in [0.1, 0.15) is 37.0 Å². The summed E-state index contributed by atoms with van der Waals surface area (Å²) in [5.74, 6) is -1.57. The SMILES string of the molecule is CC.COC(=O)[C@H]1CCCN1C(=O)c1cccc(Nc2c(OC)c(=O)c2=O)c1O. The monoisotopic (exact) mass is 404 g/mol. The molecule has 1 aliphatic rings. The molecule has 0 bridgehead atoms. The maximum absolute atomic E-state index is 12.8. The van der Waals surface area contributed by atoms with E-state index >= 15 is 0 Å². The van der Waals surface area contributed by atoms with Crippen molar-refractivity contribution in [1.29, 1.82) is 0 Å². The molecule has 1 amide bonds. The Morgan fingerprint density at radius 1 is 1.17 bits per heavy atom. The Labute approximate surface area is 167 Å². The van der Waals surface area contributed by atoms with E-state index in [1.54, 1.807) is 0 Å². The number of phenols is 1. The van der Waals surface area contributed by atoms with Crippen LogP contribution in [0, 0.1) is 0 Å². The second kappa shape index (κ2) is 9.22. The van der Waals surface area contributed by atoms with E-state index in [9.17, 15) is 24.3 Å². The minimum atomic E-state index is -0.770. The molecule has 0 aliphatic carbocycles. The van der Waals surface area contributed by atoms with Crippen molar-refractivity contribution in [3.63, 3.8) is 0 Å². The number of benzene rings is 1. The second-order valence-corrected chi connectivity index (χ2v) is 6.07. The van der Waals surface area contributed by atoms with Crippen LogP contribution in [-0.2, 0) is 9.53 Å². The number of esters is 1. The smallest absolute Gasteiger partial charge is 0.328 e. The summed E-state index contributed by atoms with van der Waals surface area (Å²) in [5, 5.41) is 13.1. The largest absolute Gasteiger partial charge is 0.505 e. The van der Waals surface area contributed by atoms with E-state index in [0.29, 0.717) is 19.4 Å². The maximum Gasteiger partial charge on any atom is 0.328 e. The van der Waals surface area contributed by atoms with Gasteiger partial charge in [0, 0.05) is 6.54 Å². The van der Waals surface area contributed by atoms with Gasteiger partial charge in [-0.05, 0) is 25.0 Å². The fourth-order valence-corrected chi connectivity index (χ4v) is 3.18. The summed E-state index contributed by atoms with van der Waals surface area (Å²) in [6.07, 6.45) is 1.13. The Hall–Kier alpha value is -3.36. The number of carbonyl (C=O) groups excluding carboxylic acids is 2. The van der Waals surface area contributed by atoms with Gasteiger partial charge in [-0.3, -0.25) is 14.4 Å². The second-order valence-electron chi connectivity index (χ2n) is 6.07. The molecule has 9 nitrogen and oxygen atoms in total. The van der Waals surface area contributed by atoms with Gasteiger partial charge in [0.15, 0.2) is 11.5 Å². The van der Waals surface area contributed by atoms with Gasteiger partial charge in [-0.2, -0.15) is 0 Å². The molecule has 1 heterocycles. The molecule has 3 rings (SSSR count). The van der Waals surface area contributed by atoms with Gasteiger partial charge < -0.3 is 24.8 Å². The predicted molar refractivity (Wildman–Crippen MR) is 107 cm³/mol. The highest BCUT2D eigenvalue weighted by Gasteiger charge is 2.36. The Kier molecular flexibility index (Phi) is 6.98. The van der Waals surface area contributed by atoms with Gasteiger partial charge >= 0.3 is 5.97 Å². The number of para-hydroxylation sites is 1. The summed E-state index contributed by atoms with van der Waals surface area (Å²) in [4.78, 5) is 49.1. The highest BCUT2D eigenvalue weighted by Crippen LogP contribution is 2.33. The number of likely N-dealkylation sites (tertiary alicyclic amines) is 1. The normalized spacial score (nSPS) is 15.4. The topological polar surface area (TPSA) is 122 Å². The van der Waals surface area contributed by atoms with Crippen LogP contribution in [0.25, 0.3) is 0 Å². The standard InChI is InChI=1S/C18H18N2O7.C2H6/c1-26-16-12(14(22)15(16)23)19-10-6-3-5-9(13(10)21)17(24)20-8-4-7-11(20)18(25)27-2;1-2/h3,5-6,11,19,21H,4,7-8H2,1-2H3;1-2H3/t11-;/m1./s1. The Morgan fingerprint density at radius 3 is 2.48 bits per heavy atom. The van der Waals surface area contributed by atoms with Gasteiger partial charge in [-0.15, -0.1) is 0 Å². The van der Waals surface area contributed by atoms with E-state index < -0.39 is 34.5 Å². The van der Waals surface area contributed by atoms with Gasteiger partial charge in [0.2, 0.25) is 0 Å².